The molecule has 184 valence electrons. The average Bonchev–Trinajstić information content (AvgIpc) is 2.78. The van der Waals surface area contributed by atoms with Gasteiger partial charge in [-0.3, -0.25) is 19.2 Å². The Bertz CT molecular complexity index is 803. The van der Waals surface area contributed by atoms with Crippen molar-refractivity contribution in [2.24, 2.45) is 11.5 Å². The average molecular weight is 468 g/mol. The Morgan fingerprint density at radius 3 is 2.06 bits per heavy atom. The van der Waals surface area contributed by atoms with Gasteiger partial charge in [0.15, 0.2) is 0 Å². The standard InChI is InChI=1S/C21H33N5O7/c1-12(21(32)33)24-19(30)16(4-2-3-9-22)25-20(31)17(26-18(29)15(23)11-27)10-13-5-7-14(28)8-6-13/h5-8,12,15-17,27-28H,2-4,9-11,22-23H2,1H3,(H,24,30)(H,25,31)(H,26,29)(H,32,33). The molecule has 4 atom stereocenters. The lowest BCUT2D eigenvalue weighted by molar-refractivity contribution is -0.141. The van der Waals surface area contributed by atoms with Crippen LogP contribution >= 0.6 is 0 Å². The van der Waals surface area contributed by atoms with E-state index in [4.69, 9.17) is 21.7 Å². The molecule has 0 aliphatic heterocycles. The van der Waals surface area contributed by atoms with Crippen molar-refractivity contribution in [3.63, 3.8) is 0 Å². The van der Waals surface area contributed by atoms with Crippen LogP contribution in [-0.2, 0) is 25.6 Å². The summed E-state index contributed by atoms with van der Waals surface area (Å²) in [7, 11) is 0. The highest BCUT2D eigenvalue weighted by atomic mass is 16.4. The zero-order valence-electron chi connectivity index (χ0n) is 18.5. The molecular formula is C21H33N5O7. The van der Waals surface area contributed by atoms with Gasteiger partial charge in [-0.2, -0.15) is 0 Å². The van der Waals surface area contributed by atoms with Crippen LogP contribution in [0.2, 0.25) is 0 Å². The molecule has 1 aromatic carbocycles. The van der Waals surface area contributed by atoms with Crippen molar-refractivity contribution >= 4 is 23.7 Å². The molecule has 12 heteroatoms. The van der Waals surface area contributed by atoms with Crippen molar-refractivity contribution in [2.45, 2.75) is 56.8 Å². The zero-order chi connectivity index (χ0) is 25.0. The molecule has 0 radical (unpaired) electrons. The van der Waals surface area contributed by atoms with Crippen LogP contribution in [0.5, 0.6) is 5.75 Å². The molecule has 1 aromatic rings. The molecule has 10 N–H and O–H groups in total. The van der Waals surface area contributed by atoms with Crippen LogP contribution < -0.4 is 27.4 Å². The van der Waals surface area contributed by atoms with Gasteiger partial charge in [0, 0.05) is 6.42 Å². The quantitative estimate of drug-likeness (QED) is 0.141. The summed E-state index contributed by atoms with van der Waals surface area (Å²) in [4.78, 5) is 48.9. The Hall–Kier alpha value is -3.22. The van der Waals surface area contributed by atoms with E-state index in [9.17, 15) is 24.3 Å². The van der Waals surface area contributed by atoms with Crippen molar-refractivity contribution in [3.05, 3.63) is 29.8 Å². The Labute approximate surface area is 191 Å². The van der Waals surface area contributed by atoms with Gasteiger partial charge in [0.05, 0.1) is 6.61 Å². The van der Waals surface area contributed by atoms with Gasteiger partial charge in [0.2, 0.25) is 17.7 Å². The Morgan fingerprint density at radius 2 is 1.52 bits per heavy atom. The van der Waals surface area contributed by atoms with Crippen LogP contribution in [0.25, 0.3) is 0 Å². The number of hydrogen-bond donors (Lipinski definition) is 8. The maximum absolute atomic E-state index is 13.0. The molecule has 3 amide bonds. The van der Waals surface area contributed by atoms with Crippen molar-refractivity contribution in [2.75, 3.05) is 13.2 Å². The Morgan fingerprint density at radius 1 is 0.939 bits per heavy atom. The third-order valence-electron chi connectivity index (χ3n) is 4.85. The van der Waals surface area contributed by atoms with E-state index in [1.165, 1.54) is 19.1 Å². The molecule has 0 aliphatic rings. The van der Waals surface area contributed by atoms with E-state index in [1.807, 2.05) is 0 Å². The summed E-state index contributed by atoms with van der Waals surface area (Å²) in [6, 6.07) is 1.34. The van der Waals surface area contributed by atoms with E-state index in [-0.39, 0.29) is 18.6 Å². The second kappa shape index (κ2) is 14.0. The van der Waals surface area contributed by atoms with Gasteiger partial charge in [-0.25, -0.2) is 0 Å². The molecule has 0 heterocycles. The highest BCUT2D eigenvalue weighted by molar-refractivity contribution is 5.94. The molecule has 12 nitrogen and oxygen atoms in total. The van der Waals surface area contributed by atoms with Gasteiger partial charge < -0.3 is 42.7 Å². The molecule has 0 saturated heterocycles. The summed E-state index contributed by atoms with van der Waals surface area (Å²) >= 11 is 0. The number of nitrogens with two attached hydrogens (primary N) is 2. The predicted molar refractivity (Wildman–Crippen MR) is 119 cm³/mol. The van der Waals surface area contributed by atoms with E-state index in [2.05, 4.69) is 16.0 Å². The second-order valence-corrected chi connectivity index (χ2v) is 7.63. The number of carbonyl (C=O) groups excluding carboxylic acids is 3. The zero-order valence-corrected chi connectivity index (χ0v) is 18.5. The fraction of sp³-hybridized carbons (Fsp3) is 0.524. The molecule has 0 fully saturated rings. The van der Waals surface area contributed by atoms with Gasteiger partial charge in [-0.1, -0.05) is 12.1 Å². The molecule has 33 heavy (non-hydrogen) atoms. The predicted octanol–water partition coefficient (Wildman–Crippen LogP) is -2.06. The number of aromatic hydroxyl groups is 1. The minimum absolute atomic E-state index is 0.0126. The number of nitrogens with one attached hydrogen (secondary N) is 3. The van der Waals surface area contributed by atoms with E-state index < -0.39 is 54.5 Å². The number of amides is 3. The molecule has 0 aromatic heterocycles. The molecule has 0 saturated carbocycles. The lowest BCUT2D eigenvalue weighted by Gasteiger charge is -2.24. The van der Waals surface area contributed by atoms with Gasteiger partial charge in [0.1, 0.15) is 29.9 Å². The minimum Gasteiger partial charge on any atom is -0.508 e. The third kappa shape index (κ3) is 9.85. The van der Waals surface area contributed by atoms with E-state index in [1.54, 1.807) is 12.1 Å². The number of hydrogen-bond acceptors (Lipinski definition) is 8. The number of rotatable bonds is 14. The van der Waals surface area contributed by atoms with Crippen LogP contribution in [0.3, 0.4) is 0 Å². The second-order valence-electron chi connectivity index (χ2n) is 7.63. The number of benzene rings is 1. The number of phenols is 1. The normalized spacial score (nSPS) is 14.4. The SMILES string of the molecule is CC(NC(=O)C(CCCCN)NC(=O)C(Cc1ccc(O)cc1)NC(=O)C(N)CO)C(=O)O. The van der Waals surface area contributed by atoms with E-state index >= 15 is 0 Å². The first-order chi connectivity index (χ1) is 15.6. The summed E-state index contributed by atoms with van der Waals surface area (Å²) in [5.74, 6) is -3.35. The first-order valence-corrected chi connectivity index (χ1v) is 10.6. The van der Waals surface area contributed by atoms with Crippen molar-refractivity contribution in [3.8, 4) is 5.75 Å². The monoisotopic (exact) mass is 467 g/mol. The van der Waals surface area contributed by atoms with Crippen molar-refractivity contribution < 1.29 is 34.5 Å². The summed E-state index contributed by atoms with van der Waals surface area (Å²) in [6.45, 7) is 1.05. The summed E-state index contributed by atoms with van der Waals surface area (Å²) in [6.07, 6.45) is 1.31. The van der Waals surface area contributed by atoms with Crippen LogP contribution in [0.15, 0.2) is 24.3 Å². The largest absolute Gasteiger partial charge is 0.508 e. The van der Waals surface area contributed by atoms with Crippen LogP contribution in [0, 0.1) is 0 Å². The molecule has 1 rings (SSSR count). The lowest BCUT2D eigenvalue weighted by Crippen LogP contribution is -2.57. The number of unbranched alkanes of at least 4 members (excludes halogenated alkanes) is 1. The molecule has 0 bridgehead atoms. The van der Waals surface area contributed by atoms with Crippen molar-refractivity contribution in [1.82, 2.24) is 16.0 Å². The van der Waals surface area contributed by atoms with Gasteiger partial charge >= 0.3 is 5.97 Å². The van der Waals surface area contributed by atoms with Gasteiger partial charge in [-0.15, -0.1) is 0 Å². The first-order valence-electron chi connectivity index (χ1n) is 10.6. The molecular weight excluding hydrogens is 434 g/mol. The number of phenolic OH excluding ortho intramolecular Hbond substituents is 1. The Kier molecular flexibility index (Phi) is 11.8. The fourth-order valence-corrected chi connectivity index (χ4v) is 2.85. The summed E-state index contributed by atoms with van der Waals surface area (Å²) in [5.41, 5.74) is 11.6. The molecule has 0 aliphatic carbocycles. The van der Waals surface area contributed by atoms with Crippen LogP contribution in [0.1, 0.15) is 31.7 Å². The molecule has 0 spiro atoms. The number of aliphatic hydroxyl groups is 1. The van der Waals surface area contributed by atoms with Crippen molar-refractivity contribution in [1.29, 1.82) is 0 Å². The van der Waals surface area contributed by atoms with E-state index in [0.717, 1.165) is 0 Å². The number of aliphatic hydroxyl groups excluding tert-OH is 1. The number of aliphatic carboxylic acids is 1. The van der Waals surface area contributed by atoms with E-state index in [0.29, 0.717) is 24.9 Å². The molecule has 4 unspecified atom stereocenters. The van der Waals surface area contributed by atoms with Crippen LogP contribution in [-0.4, -0.2) is 76.3 Å². The van der Waals surface area contributed by atoms with Crippen LogP contribution in [0.4, 0.5) is 0 Å². The number of carboxylic acids is 1. The number of carboxylic acid groups (broad SMARTS) is 1. The van der Waals surface area contributed by atoms with Gasteiger partial charge in [0.25, 0.3) is 0 Å². The Balaban J connectivity index is 3.04. The third-order valence-corrected chi connectivity index (χ3v) is 4.85. The summed E-state index contributed by atoms with van der Waals surface area (Å²) < 4.78 is 0. The smallest absolute Gasteiger partial charge is 0.325 e. The maximum Gasteiger partial charge on any atom is 0.325 e. The highest BCUT2D eigenvalue weighted by Gasteiger charge is 2.29. The van der Waals surface area contributed by atoms with Gasteiger partial charge in [-0.05, 0) is 50.4 Å². The fourth-order valence-electron chi connectivity index (χ4n) is 2.85. The lowest BCUT2D eigenvalue weighted by atomic mass is 10.0. The summed E-state index contributed by atoms with van der Waals surface area (Å²) in [5, 5.41) is 35.0. The minimum atomic E-state index is -1.25. The highest BCUT2D eigenvalue weighted by Crippen LogP contribution is 2.12. The topological polar surface area (TPSA) is 217 Å². The first kappa shape index (κ1) is 27.8. The number of carbonyl (C=O) groups is 4. The maximum atomic E-state index is 13.0.